The standard InChI is InChI=1S/C14H16O5/c15-12-8-14(13(16)19-12)11(6-7-18-14)17-9-10-4-2-1-3-5-10/h1-5,11,13,16H,6-9H2/t11-,13?,14-/m1/s1. The zero-order valence-electron chi connectivity index (χ0n) is 10.5. The first-order chi connectivity index (χ1) is 9.21. The smallest absolute Gasteiger partial charge is 0.311 e. The van der Waals surface area contributed by atoms with E-state index in [0.717, 1.165) is 5.56 Å². The van der Waals surface area contributed by atoms with Gasteiger partial charge in [-0.05, 0) is 5.56 Å². The Kier molecular flexibility index (Phi) is 3.26. The molecular weight excluding hydrogens is 248 g/mol. The Morgan fingerprint density at radius 1 is 1.37 bits per heavy atom. The lowest BCUT2D eigenvalue weighted by molar-refractivity contribution is -0.201. The van der Waals surface area contributed by atoms with Crippen LogP contribution in [0.4, 0.5) is 0 Å². The monoisotopic (exact) mass is 264 g/mol. The van der Waals surface area contributed by atoms with Crippen molar-refractivity contribution in [2.45, 2.75) is 37.4 Å². The van der Waals surface area contributed by atoms with Crippen LogP contribution in [0.25, 0.3) is 0 Å². The molecule has 0 radical (unpaired) electrons. The number of esters is 1. The quantitative estimate of drug-likeness (QED) is 0.825. The van der Waals surface area contributed by atoms with E-state index in [9.17, 15) is 9.90 Å². The highest BCUT2D eigenvalue weighted by Gasteiger charge is 2.58. The summed E-state index contributed by atoms with van der Waals surface area (Å²) in [5, 5.41) is 9.87. The predicted octanol–water partition coefficient (Wildman–Crippen LogP) is 0.996. The molecule has 0 amide bonds. The van der Waals surface area contributed by atoms with Crippen LogP contribution in [0, 0.1) is 0 Å². The van der Waals surface area contributed by atoms with Crippen molar-refractivity contribution in [2.24, 2.45) is 0 Å². The molecule has 1 spiro atoms. The molecule has 3 rings (SSSR count). The van der Waals surface area contributed by atoms with Crippen molar-refractivity contribution < 1.29 is 24.1 Å². The highest BCUT2D eigenvalue weighted by atomic mass is 16.7. The van der Waals surface area contributed by atoms with Crippen LogP contribution in [0.5, 0.6) is 0 Å². The number of hydrogen-bond donors (Lipinski definition) is 1. The van der Waals surface area contributed by atoms with Gasteiger partial charge >= 0.3 is 5.97 Å². The highest BCUT2D eigenvalue weighted by Crippen LogP contribution is 2.40. The van der Waals surface area contributed by atoms with Crippen LogP contribution in [-0.4, -0.2) is 35.7 Å². The average molecular weight is 264 g/mol. The van der Waals surface area contributed by atoms with Gasteiger partial charge in [0.2, 0.25) is 6.29 Å². The zero-order valence-corrected chi connectivity index (χ0v) is 10.5. The predicted molar refractivity (Wildman–Crippen MR) is 65.0 cm³/mol. The number of cyclic esters (lactones) is 1. The van der Waals surface area contributed by atoms with Gasteiger partial charge < -0.3 is 19.3 Å². The third kappa shape index (κ3) is 2.25. The van der Waals surface area contributed by atoms with E-state index in [2.05, 4.69) is 0 Å². The number of aliphatic hydroxyl groups excluding tert-OH is 1. The maximum Gasteiger partial charge on any atom is 0.311 e. The van der Waals surface area contributed by atoms with Crippen molar-refractivity contribution in [1.82, 2.24) is 0 Å². The van der Waals surface area contributed by atoms with E-state index in [1.807, 2.05) is 30.3 Å². The van der Waals surface area contributed by atoms with Gasteiger partial charge in [0, 0.05) is 6.42 Å². The summed E-state index contributed by atoms with van der Waals surface area (Å²) in [6, 6.07) is 9.76. The van der Waals surface area contributed by atoms with Crippen molar-refractivity contribution in [1.29, 1.82) is 0 Å². The number of rotatable bonds is 3. The first-order valence-electron chi connectivity index (χ1n) is 6.38. The van der Waals surface area contributed by atoms with E-state index in [4.69, 9.17) is 14.2 Å². The summed E-state index contributed by atoms with van der Waals surface area (Å²) in [6.45, 7) is 0.894. The third-order valence-electron chi connectivity index (χ3n) is 3.67. The topological polar surface area (TPSA) is 65.0 Å². The van der Waals surface area contributed by atoms with Gasteiger partial charge in [-0.3, -0.25) is 4.79 Å². The Morgan fingerprint density at radius 3 is 2.84 bits per heavy atom. The second-order valence-electron chi connectivity index (χ2n) is 4.90. The molecule has 3 atom stereocenters. The first-order valence-corrected chi connectivity index (χ1v) is 6.38. The number of hydrogen-bond acceptors (Lipinski definition) is 5. The van der Waals surface area contributed by atoms with Crippen LogP contribution >= 0.6 is 0 Å². The number of aliphatic hydroxyl groups is 1. The molecule has 0 aliphatic carbocycles. The molecule has 1 aromatic rings. The average Bonchev–Trinajstić information content (AvgIpc) is 2.93. The summed E-state index contributed by atoms with van der Waals surface area (Å²) in [6.07, 6.45) is -0.855. The van der Waals surface area contributed by atoms with Crippen LogP contribution < -0.4 is 0 Å². The van der Waals surface area contributed by atoms with E-state index < -0.39 is 17.9 Å². The molecule has 5 heteroatoms. The molecule has 2 aliphatic rings. The molecule has 2 aliphatic heterocycles. The molecule has 0 bridgehead atoms. The van der Waals surface area contributed by atoms with Crippen molar-refractivity contribution in [3.63, 3.8) is 0 Å². The minimum absolute atomic E-state index is 0.0492. The Bertz CT molecular complexity index is 460. The van der Waals surface area contributed by atoms with Gasteiger partial charge in [-0.1, -0.05) is 30.3 Å². The Balaban J connectivity index is 1.69. The van der Waals surface area contributed by atoms with Crippen LogP contribution in [0.2, 0.25) is 0 Å². The van der Waals surface area contributed by atoms with Crippen LogP contribution in [0.1, 0.15) is 18.4 Å². The summed E-state index contributed by atoms with van der Waals surface area (Å²) in [4.78, 5) is 11.3. The lowest BCUT2D eigenvalue weighted by Gasteiger charge is -2.29. The van der Waals surface area contributed by atoms with Crippen molar-refractivity contribution in [2.75, 3.05) is 6.61 Å². The number of benzene rings is 1. The third-order valence-corrected chi connectivity index (χ3v) is 3.67. The molecule has 5 nitrogen and oxygen atoms in total. The minimum Gasteiger partial charge on any atom is -0.432 e. The molecule has 0 aromatic heterocycles. The lowest BCUT2D eigenvalue weighted by Crippen LogP contribution is -2.47. The SMILES string of the molecule is O=C1C[C@]2(OCC[C@H]2OCc2ccccc2)C(O)O1. The normalized spacial score (nSPS) is 33.8. The highest BCUT2D eigenvalue weighted by molar-refractivity contribution is 5.73. The molecule has 1 aromatic carbocycles. The van der Waals surface area contributed by atoms with Crippen molar-refractivity contribution >= 4 is 5.97 Å². The van der Waals surface area contributed by atoms with Crippen LogP contribution in [0.3, 0.4) is 0 Å². The molecule has 2 fully saturated rings. The summed E-state index contributed by atoms with van der Waals surface area (Å²) in [5.41, 5.74) is 0.0237. The largest absolute Gasteiger partial charge is 0.432 e. The molecule has 0 saturated carbocycles. The fourth-order valence-electron chi connectivity index (χ4n) is 2.66. The number of carbonyl (C=O) groups is 1. The minimum atomic E-state index is -1.23. The van der Waals surface area contributed by atoms with E-state index in [-0.39, 0.29) is 12.5 Å². The summed E-state index contributed by atoms with van der Waals surface area (Å²) >= 11 is 0. The molecule has 1 N–H and O–H groups in total. The van der Waals surface area contributed by atoms with E-state index in [1.54, 1.807) is 0 Å². The molecule has 2 heterocycles. The summed E-state index contributed by atoms with van der Waals surface area (Å²) in [7, 11) is 0. The van der Waals surface area contributed by atoms with Gasteiger partial charge in [-0.25, -0.2) is 0 Å². The fraction of sp³-hybridized carbons (Fsp3) is 0.500. The Morgan fingerprint density at radius 2 is 2.16 bits per heavy atom. The van der Waals surface area contributed by atoms with Gasteiger partial charge in [-0.2, -0.15) is 0 Å². The van der Waals surface area contributed by atoms with Gasteiger partial charge in [0.05, 0.1) is 25.7 Å². The van der Waals surface area contributed by atoms with Crippen molar-refractivity contribution in [3.05, 3.63) is 35.9 Å². The summed E-state index contributed by atoms with van der Waals surface area (Å²) < 4.78 is 16.2. The molecular formula is C14H16O5. The van der Waals surface area contributed by atoms with Gasteiger partial charge in [0.1, 0.15) is 0 Å². The summed E-state index contributed by atoms with van der Waals surface area (Å²) in [5.74, 6) is -0.442. The van der Waals surface area contributed by atoms with Crippen molar-refractivity contribution in [3.8, 4) is 0 Å². The first kappa shape index (κ1) is 12.6. The van der Waals surface area contributed by atoms with E-state index in [0.29, 0.717) is 19.6 Å². The molecule has 2 saturated heterocycles. The maximum atomic E-state index is 11.3. The van der Waals surface area contributed by atoms with E-state index >= 15 is 0 Å². The second-order valence-corrected chi connectivity index (χ2v) is 4.90. The van der Waals surface area contributed by atoms with E-state index in [1.165, 1.54) is 0 Å². The fourth-order valence-corrected chi connectivity index (χ4v) is 2.66. The maximum absolute atomic E-state index is 11.3. The van der Waals surface area contributed by atoms with Gasteiger partial charge in [0.15, 0.2) is 5.60 Å². The second kappa shape index (κ2) is 4.92. The van der Waals surface area contributed by atoms with Gasteiger partial charge in [-0.15, -0.1) is 0 Å². The van der Waals surface area contributed by atoms with Gasteiger partial charge in [0.25, 0.3) is 0 Å². The Hall–Kier alpha value is -1.43. The zero-order chi connectivity index (χ0) is 13.3. The number of carbonyl (C=O) groups excluding carboxylic acids is 1. The van der Waals surface area contributed by atoms with Crippen LogP contribution in [0.15, 0.2) is 30.3 Å². The number of ether oxygens (including phenoxy) is 3. The molecule has 102 valence electrons. The Labute approximate surface area is 111 Å². The lowest BCUT2D eigenvalue weighted by atomic mass is 9.94. The molecule has 19 heavy (non-hydrogen) atoms. The molecule has 1 unspecified atom stereocenters. The van der Waals surface area contributed by atoms with Crippen LogP contribution in [-0.2, 0) is 25.6 Å².